The molecule has 2 aromatic heterocycles. The highest BCUT2D eigenvalue weighted by Gasteiger charge is 2.14. The summed E-state index contributed by atoms with van der Waals surface area (Å²) in [6.45, 7) is 0. The van der Waals surface area contributed by atoms with Crippen LogP contribution >= 0.6 is 0 Å². The summed E-state index contributed by atoms with van der Waals surface area (Å²) in [5, 5.41) is 0. The quantitative estimate of drug-likeness (QED) is 0.599. The first-order valence-electron chi connectivity index (χ1n) is 7.63. The summed E-state index contributed by atoms with van der Waals surface area (Å²) < 4.78 is 5.78. The van der Waals surface area contributed by atoms with Gasteiger partial charge in [0.15, 0.2) is 5.58 Å². The van der Waals surface area contributed by atoms with E-state index in [2.05, 4.69) is 9.97 Å². The number of amides is 1. The number of hydrogen-bond donors (Lipinski definition) is 2. The van der Waals surface area contributed by atoms with Gasteiger partial charge in [-0.05, 0) is 35.9 Å². The lowest BCUT2D eigenvalue weighted by atomic mass is 10.0. The highest BCUT2D eigenvalue weighted by molar-refractivity contribution is 5.94. The fourth-order valence-corrected chi connectivity index (χ4v) is 2.64. The summed E-state index contributed by atoms with van der Waals surface area (Å²) in [4.78, 5) is 20.1. The molecule has 0 aliphatic rings. The van der Waals surface area contributed by atoms with Gasteiger partial charge in [0.2, 0.25) is 11.8 Å². The number of primary amides is 1. The maximum atomic E-state index is 11.4. The number of rotatable bonds is 3. The smallest absolute Gasteiger partial charge is 0.248 e. The van der Waals surface area contributed by atoms with Crippen LogP contribution < -0.4 is 11.5 Å². The molecule has 2 heterocycles. The van der Waals surface area contributed by atoms with Gasteiger partial charge in [-0.1, -0.05) is 24.3 Å². The lowest BCUT2D eigenvalue weighted by Gasteiger charge is -2.06. The fourth-order valence-electron chi connectivity index (χ4n) is 2.64. The number of hydrogen-bond acceptors (Lipinski definition) is 5. The highest BCUT2D eigenvalue weighted by Crippen LogP contribution is 2.31. The van der Waals surface area contributed by atoms with Crippen molar-refractivity contribution < 1.29 is 9.21 Å². The Hall–Kier alpha value is -3.67. The number of para-hydroxylation sites is 2. The number of benzene rings is 2. The zero-order chi connectivity index (χ0) is 17.4. The van der Waals surface area contributed by atoms with Crippen LogP contribution in [0.3, 0.4) is 0 Å². The van der Waals surface area contributed by atoms with Gasteiger partial charge in [-0.25, -0.2) is 9.97 Å². The van der Waals surface area contributed by atoms with E-state index in [1.165, 1.54) is 0 Å². The molecular formula is C19H14N4O2. The van der Waals surface area contributed by atoms with Crippen LogP contribution in [0.4, 0.5) is 5.82 Å². The number of nitrogen functional groups attached to an aromatic ring is 1. The maximum absolute atomic E-state index is 11.4. The van der Waals surface area contributed by atoms with Crippen molar-refractivity contribution in [3.05, 3.63) is 66.4 Å². The van der Waals surface area contributed by atoms with E-state index in [0.29, 0.717) is 28.4 Å². The Bertz CT molecular complexity index is 1070. The van der Waals surface area contributed by atoms with Gasteiger partial charge >= 0.3 is 0 Å². The molecule has 4 aromatic rings. The van der Waals surface area contributed by atoms with Crippen molar-refractivity contribution in [1.29, 1.82) is 0 Å². The van der Waals surface area contributed by atoms with Gasteiger partial charge in [0, 0.05) is 17.3 Å². The van der Waals surface area contributed by atoms with Crippen LogP contribution in [0.5, 0.6) is 0 Å². The molecule has 6 nitrogen and oxygen atoms in total. The average molecular weight is 330 g/mol. The van der Waals surface area contributed by atoms with Crippen molar-refractivity contribution in [2.45, 2.75) is 0 Å². The summed E-state index contributed by atoms with van der Waals surface area (Å²) in [7, 11) is 0. The predicted molar refractivity (Wildman–Crippen MR) is 95.6 cm³/mol. The van der Waals surface area contributed by atoms with Crippen LogP contribution in [-0.4, -0.2) is 15.9 Å². The van der Waals surface area contributed by atoms with Crippen LogP contribution in [0.2, 0.25) is 0 Å². The number of oxazole rings is 1. The second-order valence-electron chi connectivity index (χ2n) is 5.59. The van der Waals surface area contributed by atoms with Gasteiger partial charge in [-0.15, -0.1) is 0 Å². The van der Waals surface area contributed by atoms with Crippen LogP contribution in [0.1, 0.15) is 10.4 Å². The summed E-state index contributed by atoms with van der Waals surface area (Å²) in [5.41, 5.74) is 15.4. The minimum atomic E-state index is -0.482. The second kappa shape index (κ2) is 5.76. The normalized spacial score (nSPS) is 10.9. The van der Waals surface area contributed by atoms with E-state index in [-0.39, 0.29) is 0 Å². The third kappa shape index (κ3) is 2.70. The van der Waals surface area contributed by atoms with Crippen LogP contribution in [0.15, 0.2) is 65.2 Å². The van der Waals surface area contributed by atoms with Crippen molar-refractivity contribution in [2.24, 2.45) is 5.73 Å². The van der Waals surface area contributed by atoms with Crippen molar-refractivity contribution in [2.75, 3.05) is 5.73 Å². The maximum Gasteiger partial charge on any atom is 0.248 e. The Morgan fingerprint density at radius 2 is 1.84 bits per heavy atom. The molecule has 4 rings (SSSR count). The molecule has 0 aliphatic heterocycles. The van der Waals surface area contributed by atoms with Gasteiger partial charge in [0.1, 0.15) is 11.3 Å². The van der Waals surface area contributed by atoms with Gasteiger partial charge in [-0.3, -0.25) is 4.79 Å². The fraction of sp³-hybridized carbons (Fsp3) is 0. The van der Waals surface area contributed by atoms with Crippen molar-refractivity contribution in [3.8, 4) is 22.6 Å². The standard InChI is InChI=1S/C19H14N4O2/c20-17-14(19-23-15-6-1-2-7-16(15)25-19)9-13(10-22-17)11-4-3-5-12(8-11)18(21)24/h1-10H,(H2,20,22)(H2,21,24). The molecular weight excluding hydrogens is 316 g/mol. The summed E-state index contributed by atoms with van der Waals surface area (Å²) in [6.07, 6.45) is 1.64. The molecule has 0 spiro atoms. The zero-order valence-corrected chi connectivity index (χ0v) is 13.1. The average Bonchev–Trinajstić information content (AvgIpc) is 3.06. The van der Waals surface area contributed by atoms with Crippen molar-refractivity contribution in [3.63, 3.8) is 0 Å². The molecule has 122 valence electrons. The lowest BCUT2D eigenvalue weighted by Crippen LogP contribution is -2.10. The Morgan fingerprint density at radius 1 is 1.00 bits per heavy atom. The molecule has 6 heteroatoms. The summed E-state index contributed by atoms with van der Waals surface area (Å²) in [6, 6.07) is 16.3. The monoisotopic (exact) mass is 330 g/mol. The zero-order valence-electron chi connectivity index (χ0n) is 13.1. The molecule has 0 saturated carbocycles. The Kier molecular flexibility index (Phi) is 3.43. The van der Waals surface area contributed by atoms with Crippen molar-refractivity contribution >= 4 is 22.8 Å². The number of fused-ring (bicyclic) bond motifs is 1. The van der Waals surface area contributed by atoms with Gasteiger partial charge in [-0.2, -0.15) is 0 Å². The molecule has 0 atom stereocenters. The number of carbonyl (C=O) groups excluding carboxylic acids is 1. The van der Waals surface area contributed by atoms with E-state index in [0.717, 1.165) is 16.6 Å². The third-order valence-electron chi connectivity index (χ3n) is 3.92. The molecule has 0 bridgehead atoms. The summed E-state index contributed by atoms with van der Waals surface area (Å²) >= 11 is 0. The molecule has 2 aromatic carbocycles. The minimum absolute atomic E-state index is 0.321. The van der Waals surface area contributed by atoms with E-state index in [1.54, 1.807) is 24.4 Å². The molecule has 4 N–H and O–H groups in total. The number of pyridine rings is 1. The SMILES string of the molecule is NC(=O)c1cccc(-c2cnc(N)c(-c3nc4ccccc4o3)c2)c1. The number of nitrogens with two attached hydrogens (primary N) is 2. The molecule has 1 amide bonds. The molecule has 0 fully saturated rings. The van der Waals surface area contributed by atoms with Gasteiger partial charge in [0.25, 0.3) is 0 Å². The van der Waals surface area contributed by atoms with E-state index < -0.39 is 5.91 Å². The number of nitrogens with zero attached hydrogens (tertiary/aromatic N) is 2. The third-order valence-corrected chi connectivity index (χ3v) is 3.92. The van der Waals surface area contributed by atoms with Crippen LogP contribution in [0, 0.1) is 0 Å². The first-order valence-corrected chi connectivity index (χ1v) is 7.63. The molecule has 0 radical (unpaired) electrons. The largest absolute Gasteiger partial charge is 0.436 e. The Morgan fingerprint density at radius 3 is 2.64 bits per heavy atom. The van der Waals surface area contributed by atoms with Crippen molar-refractivity contribution in [1.82, 2.24) is 9.97 Å². The van der Waals surface area contributed by atoms with Gasteiger partial charge in [0.05, 0.1) is 5.56 Å². The molecule has 25 heavy (non-hydrogen) atoms. The lowest BCUT2D eigenvalue weighted by molar-refractivity contribution is 0.100. The van der Waals surface area contributed by atoms with E-state index >= 15 is 0 Å². The topological polar surface area (TPSA) is 108 Å². The second-order valence-corrected chi connectivity index (χ2v) is 5.59. The first-order chi connectivity index (χ1) is 12.1. The Labute approximate surface area is 143 Å². The van der Waals surface area contributed by atoms with E-state index in [1.807, 2.05) is 36.4 Å². The first kappa shape index (κ1) is 14.9. The Balaban J connectivity index is 1.83. The number of aromatic nitrogens is 2. The molecule has 0 aliphatic carbocycles. The number of anilines is 1. The highest BCUT2D eigenvalue weighted by atomic mass is 16.3. The number of carbonyl (C=O) groups is 1. The minimum Gasteiger partial charge on any atom is -0.436 e. The van der Waals surface area contributed by atoms with Crippen LogP contribution in [-0.2, 0) is 0 Å². The van der Waals surface area contributed by atoms with Crippen LogP contribution in [0.25, 0.3) is 33.7 Å². The molecule has 0 unspecified atom stereocenters. The van der Waals surface area contributed by atoms with E-state index in [4.69, 9.17) is 15.9 Å². The molecule has 0 saturated heterocycles. The summed E-state index contributed by atoms with van der Waals surface area (Å²) in [5.74, 6) is 0.241. The predicted octanol–water partition coefficient (Wildman–Crippen LogP) is 3.24. The van der Waals surface area contributed by atoms with E-state index in [9.17, 15) is 4.79 Å². The van der Waals surface area contributed by atoms with Gasteiger partial charge < -0.3 is 15.9 Å².